The first kappa shape index (κ1) is 26.7. The van der Waals surface area contributed by atoms with Crippen LogP contribution in [0.3, 0.4) is 0 Å². The van der Waals surface area contributed by atoms with Crippen LogP contribution in [0.25, 0.3) is 16.5 Å². The number of aryl methyl sites for hydroxylation is 1. The van der Waals surface area contributed by atoms with E-state index in [-0.39, 0.29) is 30.1 Å². The van der Waals surface area contributed by atoms with Crippen LogP contribution in [0.1, 0.15) is 41.1 Å². The van der Waals surface area contributed by atoms with E-state index >= 15 is 0 Å². The fourth-order valence-corrected chi connectivity index (χ4v) is 6.17. The minimum absolute atomic E-state index is 0.143. The van der Waals surface area contributed by atoms with Gasteiger partial charge in [-0.05, 0) is 73.4 Å². The number of carbonyl (C=O) groups is 1. The number of benzene rings is 3. The molecule has 206 valence electrons. The lowest BCUT2D eigenvalue weighted by Crippen LogP contribution is -2.33. The second-order valence-electron chi connectivity index (χ2n) is 10.3. The predicted octanol–water partition coefficient (Wildman–Crippen LogP) is 6.78. The number of hydrogen-bond donors (Lipinski definition) is 2. The van der Waals surface area contributed by atoms with E-state index < -0.39 is 5.82 Å². The molecule has 1 fully saturated rings. The zero-order valence-electron chi connectivity index (χ0n) is 22.8. The predicted molar refractivity (Wildman–Crippen MR) is 165 cm³/mol. The molecular formula is C33H30FN5OS. The molecule has 3 heterocycles. The van der Waals surface area contributed by atoms with Gasteiger partial charge in [0.15, 0.2) is 5.11 Å². The van der Waals surface area contributed by atoms with Crippen molar-refractivity contribution < 1.29 is 9.18 Å². The molecule has 41 heavy (non-hydrogen) atoms. The number of hydrogen-bond acceptors (Lipinski definition) is 3. The summed E-state index contributed by atoms with van der Waals surface area (Å²) in [6, 6.07) is 28.5. The van der Waals surface area contributed by atoms with Gasteiger partial charge >= 0.3 is 0 Å². The van der Waals surface area contributed by atoms with E-state index in [1.807, 2.05) is 18.2 Å². The Morgan fingerprint density at radius 1 is 1.00 bits per heavy atom. The number of aromatic nitrogens is 2. The molecule has 2 N–H and O–H groups in total. The number of thiocarbonyl (C=S) groups is 1. The van der Waals surface area contributed by atoms with Crippen molar-refractivity contribution in [2.75, 3.05) is 11.9 Å². The molecule has 2 aromatic heterocycles. The van der Waals surface area contributed by atoms with Crippen LogP contribution in [0.5, 0.6) is 0 Å². The van der Waals surface area contributed by atoms with E-state index in [0.717, 1.165) is 28.3 Å². The van der Waals surface area contributed by atoms with E-state index in [1.54, 1.807) is 24.4 Å². The van der Waals surface area contributed by atoms with Crippen molar-refractivity contribution in [3.05, 3.63) is 126 Å². The maximum atomic E-state index is 14.1. The Labute approximate surface area is 243 Å². The summed E-state index contributed by atoms with van der Waals surface area (Å²) in [5, 5.41) is 9.06. The number of para-hydroxylation sites is 1. The summed E-state index contributed by atoms with van der Waals surface area (Å²) in [7, 11) is 0. The van der Waals surface area contributed by atoms with Gasteiger partial charge in [0, 0.05) is 35.9 Å². The monoisotopic (exact) mass is 563 g/mol. The summed E-state index contributed by atoms with van der Waals surface area (Å²) < 4.78 is 16.4. The van der Waals surface area contributed by atoms with E-state index in [2.05, 4.69) is 87.5 Å². The van der Waals surface area contributed by atoms with Crippen molar-refractivity contribution in [3.8, 4) is 5.69 Å². The van der Waals surface area contributed by atoms with Gasteiger partial charge < -0.3 is 20.1 Å². The van der Waals surface area contributed by atoms with Gasteiger partial charge in [-0.2, -0.15) is 0 Å². The molecular weight excluding hydrogens is 533 g/mol. The Kier molecular flexibility index (Phi) is 7.24. The number of anilines is 1. The Bertz CT molecular complexity index is 1750. The lowest BCUT2D eigenvalue weighted by Gasteiger charge is -2.28. The molecule has 1 saturated heterocycles. The highest BCUT2D eigenvalue weighted by atomic mass is 32.1. The largest absolute Gasteiger partial charge is 0.352 e. The lowest BCUT2D eigenvalue weighted by molar-refractivity contribution is -0.116. The van der Waals surface area contributed by atoms with Crippen LogP contribution in [0, 0.1) is 19.7 Å². The zero-order valence-corrected chi connectivity index (χ0v) is 23.7. The molecule has 0 spiro atoms. The van der Waals surface area contributed by atoms with Gasteiger partial charge in [-0.3, -0.25) is 9.78 Å². The Morgan fingerprint density at radius 3 is 2.56 bits per heavy atom. The van der Waals surface area contributed by atoms with Crippen molar-refractivity contribution in [1.29, 1.82) is 0 Å². The number of pyridine rings is 1. The number of halogens is 1. The molecule has 0 radical (unpaired) electrons. The highest BCUT2D eigenvalue weighted by Gasteiger charge is 2.41. The van der Waals surface area contributed by atoms with Gasteiger partial charge in [-0.25, -0.2) is 4.39 Å². The zero-order chi connectivity index (χ0) is 28.5. The van der Waals surface area contributed by atoms with Gasteiger partial charge in [0.25, 0.3) is 0 Å². The molecule has 1 aliphatic heterocycles. The van der Waals surface area contributed by atoms with Crippen molar-refractivity contribution in [2.24, 2.45) is 0 Å². The smallest absolute Gasteiger partial charge is 0.226 e. The molecule has 0 bridgehead atoms. The van der Waals surface area contributed by atoms with Crippen LogP contribution in [0.2, 0.25) is 0 Å². The maximum Gasteiger partial charge on any atom is 0.226 e. The summed E-state index contributed by atoms with van der Waals surface area (Å²) in [6.07, 6.45) is 1.92. The minimum Gasteiger partial charge on any atom is -0.352 e. The third-order valence-electron chi connectivity index (χ3n) is 7.72. The quantitative estimate of drug-likeness (QED) is 0.214. The van der Waals surface area contributed by atoms with Crippen LogP contribution in [-0.2, 0) is 4.79 Å². The summed E-state index contributed by atoms with van der Waals surface area (Å²) in [5.41, 5.74) is 5.45. The van der Waals surface area contributed by atoms with E-state index in [1.165, 1.54) is 16.8 Å². The molecule has 3 aromatic carbocycles. The standard InChI is InChI=1S/C33H30FN5OS/c1-21-20-25(22(2)39(21)29-16-9-11-23-10-3-4-12-24(23)29)32-31(28-15-7-8-18-35-28)37-33(41)38(32)19-17-30(40)36-27-14-6-5-13-26(27)34/h3-16,18,20,31-32H,17,19H2,1-2H3,(H,36,40)(H,37,41)/t31-,32+/m0/s1. The van der Waals surface area contributed by atoms with Gasteiger partial charge in [-0.15, -0.1) is 0 Å². The average Bonchev–Trinajstić information content (AvgIpc) is 3.47. The first-order chi connectivity index (χ1) is 19.9. The molecule has 5 aromatic rings. The van der Waals surface area contributed by atoms with E-state index in [4.69, 9.17) is 12.2 Å². The lowest BCUT2D eigenvalue weighted by atomic mass is 9.96. The van der Waals surface area contributed by atoms with Gasteiger partial charge in [-0.1, -0.05) is 54.6 Å². The summed E-state index contributed by atoms with van der Waals surface area (Å²) >= 11 is 5.83. The van der Waals surface area contributed by atoms with Crippen molar-refractivity contribution in [1.82, 2.24) is 19.8 Å². The maximum absolute atomic E-state index is 14.1. The first-order valence-electron chi connectivity index (χ1n) is 13.6. The van der Waals surface area contributed by atoms with Crippen molar-refractivity contribution in [2.45, 2.75) is 32.4 Å². The molecule has 0 saturated carbocycles. The fraction of sp³-hybridized carbons (Fsp3) is 0.182. The molecule has 2 atom stereocenters. The highest BCUT2D eigenvalue weighted by molar-refractivity contribution is 7.80. The van der Waals surface area contributed by atoms with Gasteiger partial charge in [0.05, 0.1) is 29.2 Å². The number of rotatable bonds is 7. The molecule has 1 aliphatic rings. The molecule has 0 aliphatic carbocycles. The Balaban J connectivity index is 1.37. The average molecular weight is 564 g/mol. The first-order valence-corrected chi connectivity index (χ1v) is 14.0. The molecule has 6 rings (SSSR count). The molecule has 8 heteroatoms. The molecule has 1 amide bonds. The van der Waals surface area contributed by atoms with Crippen LogP contribution in [0.4, 0.5) is 10.1 Å². The highest BCUT2D eigenvalue weighted by Crippen LogP contribution is 2.42. The summed E-state index contributed by atoms with van der Waals surface area (Å²) in [5.74, 6) is -0.743. The SMILES string of the molecule is Cc1cc([C@@H]2[C@H](c3ccccn3)NC(=S)N2CCC(=O)Nc2ccccc2F)c(C)n1-c1cccc2ccccc12. The Hall–Kier alpha value is -4.56. The summed E-state index contributed by atoms with van der Waals surface area (Å²) in [6.45, 7) is 4.60. The number of carbonyl (C=O) groups excluding carboxylic acids is 1. The normalized spacial score (nSPS) is 16.7. The van der Waals surface area contributed by atoms with Crippen molar-refractivity contribution in [3.63, 3.8) is 0 Å². The molecule has 0 unspecified atom stereocenters. The fourth-order valence-electron chi connectivity index (χ4n) is 5.84. The minimum atomic E-state index is -0.465. The van der Waals surface area contributed by atoms with Crippen molar-refractivity contribution >= 4 is 39.7 Å². The van der Waals surface area contributed by atoms with Gasteiger partial charge in [0.2, 0.25) is 5.91 Å². The van der Waals surface area contributed by atoms with Crippen LogP contribution in [0.15, 0.2) is 97.2 Å². The second-order valence-corrected chi connectivity index (χ2v) is 10.6. The van der Waals surface area contributed by atoms with E-state index in [0.29, 0.717) is 11.7 Å². The third kappa shape index (κ3) is 5.07. The third-order valence-corrected chi connectivity index (χ3v) is 8.07. The number of fused-ring (bicyclic) bond motifs is 1. The Morgan fingerprint density at radius 2 is 1.76 bits per heavy atom. The van der Waals surface area contributed by atoms with Crippen LogP contribution in [-0.4, -0.2) is 32.0 Å². The number of nitrogens with one attached hydrogen (secondary N) is 2. The topological polar surface area (TPSA) is 62.2 Å². The molecule has 6 nitrogen and oxygen atoms in total. The number of amides is 1. The van der Waals surface area contributed by atoms with Gasteiger partial charge in [0.1, 0.15) is 5.82 Å². The van der Waals surface area contributed by atoms with Crippen LogP contribution < -0.4 is 10.6 Å². The summed E-state index contributed by atoms with van der Waals surface area (Å²) in [4.78, 5) is 19.6. The second kappa shape index (κ2) is 11.1. The van der Waals surface area contributed by atoms with Crippen LogP contribution >= 0.6 is 12.2 Å². The number of nitrogens with zero attached hydrogens (tertiary/aromatic N) is 3. The van der Waals surface area contributed by atoms with E-state index in [9.17, 15) is 9.18 Å².